The van der Waals surface area contributed by atoms with Gasteiger partial charge in [0.1, 0.15) is 5.75 Å². The fourth-order valence-electron chi connectivity index (χ4n) is 2.82. The maximum atomic E-state index is 5.36. The summed E-state index contributed by atoms with van der Waals surface area (Å²) in [6.07, 6.45) is 0. The molecule has 0 aliphatic heterocycles. The molecule has 0 fully saturated rings. The largest absolute Gasteiger partial charge is 0.497 e. The van der Waals surface area contributed by atoms with Crippen LogP contribution in [0, 0.1) is 6.92 Å². The zero-order valence-electron chi connectivity index (χ0n) is 11.9. The van der Waals surface area contributed by atoms with E-state index in [9.17, 15) is 0 Å². The van der Waals surface area contributed by atoms with Gasteiger partial charge >= 0.3 is 0 Å². The van der Waals surface area contributed by atoms with Crippen LogP contribution in [0.2, 0.25) is 0 Å². The van der Waals surface area contributed by atoms with Gasteiger partial charge in [0.2, 0.25) is 0 Å². The first kappa shape index (κ1) is 12.1. The lowest BCUT2D eigenvalue weighted by molar-refractivity contribution is 0.415. The smallest absolute Gasteiger partial charge is 0.120 e. The summed E-state index contributed by atoms with van der Waals surface area (Å²) in [5.41, 5.74) is 3.84. The average molecular weight is 253 g/mol. The van der Waals surface area contributed by atoms with E-state index < -0.39 is 0 Å². The van der Waals surface area contributed by atoms with Gasteiger partial charge < -0.3 is 9.30 Å². The highest BCUT2D eigenvalue weighted by molar-refractivity contribution is 6.08. The Kier molecular flexibility index (Phi) is 2.74. The monoisotopic (exact) mass is 253 g/mol. The van der Waals surface area contributed by atoms with E-state index >= 15 is 0 Å². The molecule has 2 nitrogen and oxygen atoms in total. The van der Waals surface area contributed by atoms with Crippen molar-refractivity contribution in [1.29, 1.82) is 0 Å². The van der Waals surface area contributed by atoms with Crippen molar-refractivity contribution in [2.24, 2.45) is 0 Å². The van der Waals surface area contributed by atoms with Crippen molar-refractivity contribution in [3.05, 3.63) is 42.0 Å². The number of hydrogen-bond acceptors (Lipinski definition) is 1. The summed E-state index contributed by atoms with van der Waals surface area (Å²) in [5.74, 6) is 0.911. The van der Waals surface area contributed by atoms with Crippen LogP contribution in [-0.2, 0) is 0 Å². The summed E-state index contributed by atoms with van der Waals surface area (Å²) in [5, 5.41) is 2.61. The van der Waals surface area contributed by atoms with E-state index in [1.54, 1.807) is 7.11 Å². The third-order valence-electron chi connectivity index (χ3n) is 3.68. The molecule has 3 rings (SSSR count). The summed E-state index contributed by atoms with van der Waals surface area (Å²) in [4.78, 5) is 0. The highest BCUT2D eigenvalue weighted by atomic mass is 16.5. The number of hydrogen-bond donors (Lipinski definition) is 0. The molecule has 0 unspecified atom stereocenters. The van der Waals surface area contributed by atoms with Gasteiger partial charge in [-0.15, -0.1) is 0 Å². The molecule has 0 N–H and O–H groups in total. The van der Waals surface area contributed by atoms with Crippen molar-refractivity contribution in [3.8, 4) is 5.75 Å². The van der Waals surface area contributed by atoms with Gasteiger partial charge in [0.15, 0.2) is 0 Å². The van der Waals surface area contributed by atoms with Gasteiger partial charge in [-0.1, -0.05) is 12.1 Å². The van der Waals surface area contributed by atoms with E-state index in [-0.39, 0.29) is 0 Å². The number of aryl methyl sites for hydroxylation is 1. The van der Waals surface area contributed by atoms with Crippen LogP contribution in [0.3, 0.4) is 0 Å². The van der Waals surface area contributed by atoms with Crippen molar-refractivity contribution in [1.82, 2.24) is 4.57 Å². The summed E-state index contributed by atoms with van der Waals surface area (Å²) >= 11 is 0. The molecular formula is C17H19NO. The summed E-state index contributed by atoms with van der Waals surface area (Å²) in [7, 11) is 1.72. The topological polar surface area (TPSA) is 14.2 Å². The Morgan fingerprint density at radius 3 is 2.21 bits per heavy atom. The summed E-state index contributed by atoms with van der Waals surface area (Å²) in [6.45, 7) is 6.59. The van der Waals surface area contributed by atoms with Gasteiger partial charge in [-0.3, -0.25) is 0 Å². The van der Waals surface area contributed by atoms with E-state index in [0.717, 1.165) is 5.75 Å². The quantitative estimate of drug-likeness (QED) is 0.646. The first-order chi connectivity index (χ1) is 9.11. The van der Waals surface area contributed by atoms with E-state index in [1.165, 1.54) is 27.4 Å². The number of nitrogens with zero attached hydrogens (tertiary/aromatic N) is 1. The zero-order valence-corrected chi connectivity index (χ0v) is 11.9. The molecule has 3 aromatic rings. The SMILES string of the molecule is COc1ccc2c3ccc(C)cc3n(C(C)C)c2c1. The summed E-state index contributed by atoms with van der Waals surface area (Å²) < 4.78 is 7.75. The van der Waals surface area contributed by atoms with Gasteiger partial charge in [-0.05, 0) is 44.5 Å². The zero-order chi connectivity index (χ0) is 13.6. The molecule has 2 aromatic carbocycles. The third-order valence-corrected chi connectivity index (χ3v) is 3.68. The van der Waals surface area contributed by atoms with Crippen LogP contribution in [0.1, 0.15) is 25.5 Å². The van der Waals surface area contributed by atoms with Crippen molar-refractivity contribution in [2.75, 3.05) is 7.11 Å². The van der Waals surface area contributed by atoms with Crippen LogP contribution in [0.4, 0.5) is 0 Å². The number of methoxy groups -OCH3 is 1. The van der Waals surface area contributed by atoms with E-state index in [1.807, 2.05) is 6.07 Å². The maximum Gasteiger partial charge on any atom is 0.120 e. The number of rotatable bonds is 2. The molecule has 0 saturated carbocycles. The van der Waals surface area contributed by atoms with Gasteiger partial charge in [-0.25, -0.2) is 0 Å². The Balaban J connectivity index is 2.50. The van der Waals surface area contributed by atoms with E-state index in [2.05, 4.69) is 55.7 Å². The third kappa shape index (κ3) is 1.79. The standard InChI is InChI=1S/C17H19NO/c1-11(2)18-16-9-12(3)5-7-14(16)15-8-6-13(19-4)10-17(15)18/h5-11H,1-4H3. The molecule has 2 heteroatoms. The van der Waals surface area contributed by atoms with Crippen molar-refractivity contribution >= 4 is 21.8 Å². The average Bonchev–Trinajstić information content (AvgIpc) is 2.70. The van der Waals surface area contributed by atoms with Crippen molar-refractivity contribution < 1.29 is 4.74 Å². The first-order valence-electron chi connectivity index (χ1n) is 6.70. The molecule has 0 saturated heterocycles. The lowest BCUT2D eigenvalue weighted by Crippen LogP contribution is -2.00. The molecule has 0 spiro atoms. The minimum absolute atomic E-state index is 0.425. The van der Waals surface area contributed by atoms with Crippen molar-refractivity contribution in [2.45, 2.75) is 26.8 Å². The van der Waals surface area contributed by atoms with Crippen LogP contribution in [-0.4, -0.2) is 11.7 Å². The fourth-order valence-corrected chi connectivity index (χ4v) is 2.82. The predicted molar refractivity (Wildman–Crippen MR) is 81.1 cm³/mol. The second-order valence-corrected chi connectivity index (χ2v) is 5.37. The molecule has 0 aliphatic rings. The predicted octanol–water partition coefficient (Wildman–Crippen LogP) is 4.69. The first-order valence-corrected chi connectivity index (χ1v) is 6.70. The second-order valence-electron chi connectivity index (χ2n) is 5.37. The molecule has 0 bridgehead atoms. The Bertz CT molecular complexity index is 753. The highest BCUT2D eigenvalue weighted by Crippen LogP contribution is 2.34. The minimum atomic E-state index is 0.425. The number of benzene rings is 2. The van der Waals surface area contributed by atoms with Crippen LogP contribution in [0.15, 0.2) is 36.4 Å². The van der Waals surface area contributed by atoms with E-state index in [4.69, 9.17) is 4.74 Å². The van der Waals surface area contributed by atoms with Crippen LogP contribution in [0.5, 0.6) is 5.75 Å². The Hall–Kier alpha value is -1.96. The summed E-state index contributed by atoms with van der Waals surface area (Å²) in [6, 6.07) is 13.4. The molecule has 0 atom stereocenters. The highest BCUT2D eigenvalue weighted by Gasteiger charge is 2.13. The lowest BCUT2D eigenvalue weighted by atomic mass is 10.1. The maximum absolute atomic E-state index is 5.36. The molecular weight excluding hydrogens is 234 g/mol. The number of fused-ring (bicyclic) bond motifs is 3. The Morgan fingerprint density at radius 2 is 1.58 bits per heavy atom. The lowest BCUT2D eigenvalue weighted by Gasteiger charge is -2.12. The van der Waals surface area contributed by atoms with Gasteiger partial charge in [-0.2, -0.15) is 0 Å². The molecule has 98 valence electrons. The van der Waals surface area contributed by atoms with Gasteiger partial charge in [0.25, 0.3) is 0 Å². The molecule has 0 radical (unpaired) electrons. The van der Waals surface area contributed by atoms with Crippen molar-refractivity contribution in [3.63, 3.8) is 0 Å². The number of ether oxygens (including phenoxy) is 1. The van der Waals surface area contributed by atoms with E-state index in [0.29, 0.717) is 6.04 Å². The number of aromatic nitrogens is 1. The second kappa shape index (κ2) is 4.30. The molecule has 19 heavy (non-hydrogen) atoms. The fraction of sp³-hybridized carbons (Fsp3) is 0.294. The van der Waals surface area contributed by atoms with Crippen LogP contribution < -0.4 is 4.74 Å². The molecule has 0 aliphatic carbocycles. The molecule has 1 aromatic heterocycles. The van der Waals surface area contributed by atoms with Gasteiger partial charge in [0.05, 0.1) is 12.6 Å². The van der Waals surface area contributed by atoms with Gasteiger partial charge in [0, 0.05) is 28.4 Å². The Labute approximate surface area is 113 Å². The Morgan fingerprint density at radius 1 is 0.947 bits per heavy atom. The molecule has 0 amide bonds. The molecule has 1 heterocycles. The van der Waals surface area contributed by atoms with Crippen LogP contribution in [0.25, 0.3) is 21.8 Å². The normalized spacial score (nSPS) is 11.6. The minimum Gasteiger partial charge on any atom is -0.497 e. The van der Waals surface area contributed by atoms with Crippen LogP contribution >= 0.6 is 0 Å².